The summed E-state index contributed by atoms with van der Waals surface area (Å²) >= 11 is 0.688. The highest BCUT2D eigenvalue weighted by molar-refractivity contribution is 7.12. The van der Waals surface area contributed by atoms with E-state index in [4.69, 9.17) is 4.74 Å². The number of hydrogen-bond donors (Lipinski definition) is 0. The van der Waals surface area contributed by atoms with E-state index >= 15 is 0 Å². The maximum atomic E-state index is 12.3. The maximum Gasteiger partial charge on any atom is 0.417 e. The van der Waals surface area contributed by atoms with Crippen molar-refractivity contribution in [3.8, 4) is 0 Å². The van der Waals surface area contributed by atoms with Crippen LogP contribution in [0, 0.1) is 0 Å². The molecule has 0 saturated heterocycles. The number of aromatic nitrogens is 1. The third-order valence-electron chi connectivity index (χ3n) is 1.98. The summed E-state index contributed by atoms with van der Waals surface area (Å²) in [6, 6.07) is 0.765. The molecule has 0 unspecified atom stereocenters. The minimum Gasteiger partial charge on any atom is -0.456 e. The van der Waals surface area contributed by atoms with Gasteiger partial charge >= 0.3 is 12.1 Å². The van der Waals surface area contributed by atoms with Crippen LogP contribution in [-0.2, 0) is 17.5 Å². The number of nitrogens with zero attached hydrogens (tertiary/aromatic N) is 1. The lowest BCUT2D eigenvalue weighted by Gasteiger charge is -2.01. The molecule has 0 amide bonds. The van der Waals surface area contributed by atoms with Crippen LogP contribution in [-0.4, -0.2) is 11.1 Å². The molecule has 2 aromatic heterocycles. The van der Waals surface area contributed by atoms with Crippen LogP contribution in [0.2, 0.25) is 0 Å². The molecule has 0 bridgehead atoms. The SMILES string of the molecule is O=C(OCc1cnoc1)c1cc(C(F)(F)F)cs1. The standard InChI is InChI=1S/C10H6F3NO3S/c11-10(12,13)7-1-8(18-5-7)9(15)16-3-6-2-14-17-4-6/h1-2,4-5H,3H2. The summed E-state index contributed by atoms with van der Waals surface area (Å²) in [6.45, 7) is -0.0957. The largest absolute Gasteiger partial charge is 0.456 e. The Kier molecular flexibility index (Phi) is 3.37. The van der Waals surface area contributed by atoms with E-state index in [0.29, 0.717) is 16.9 Å². The zero-order chi connectivity index (χ0) is 13.2. The van der Waals surface area contributed by atoms with Gasteiger partial charge in [0.25, 0.3) is 0 Å². The second-order valence-electron chi connectivity index (χ2n) is 3.31. The summed E-state index contributed by atoms with van der Waals surface area (Å²) < 4.78 is 46.2. The molecule has 96 valence electrons. The number of carbonyl (C=O) groups excluding carboxylic acids is 1. The van der Waals surface area contributed by atoms with Crippen LogP contribution in [0.4, 0.5) is 13.2 Å². The molecular formula is C10H6F3NO3S. The number of esters is 1. The first-order valence-electron chi connectivity index (χ1n) is 4.68. The number of rotatable bonds is 3. The summed E-state index contributed by atoms with van der Waals surface area (Å²) in [4.78, 5) is 11.4. The Morgan fingerprint density at radius 2 is 2.28 bits per heavy atom. The Labute approximate surface area is 103 Å². The summed E-state index contributed by atoms with van der Waals surface area (Å²) in [5.74, 6) is -0.809. The molecule has 0 atom stereocenters. The molecular weight excluding hydrogens is 271 g/mol. The Bertz CT molecular complexity index is 533. The number of thiophene rings is 1. The first kappa shape index (κ1) is 12.6. The zero-order valence-electron chi connectivity index (χ0n) is 8.73. The van der Waals surface area contributed by atoms with E-state index in [2.05, 4.69) is 9.68 Å². The minimum absolute atomic E-state index is 0.0957. The normalized spacial score (nSPS) is 11.5. The van der Waals surface area contributed by atoms with Gasteiger partial charge < -0.3 is 9.26 Å². The molecule has 8 heteroatoms. The van der Waals surface area contributed by atoms with E-state index in [-0.39, 0.29) is 11.5 Å². The van der Waals surface area contributed by atoms with Gasteiger partial charge in [-0.1, -0.05) is 5.16 Å². The third kappa shape index (κ3) is 2.89. The molecule has 0 aromatic carbocycles. The molecule has 0 saturated carbocycles. The van der Waals surface area contributed by atoms with Gasteiger partial charge in [0.1, 0.15) is 17.7 Å². The predicted octanol–water partition coefficient (Wildman–Crippen LogP) is 3.11. The topological polar surface area (TPSA) is 52.3 Å². The fourth-order valence-corrected chi connectivity index (χ4v) is 1.92. The Morgan fingerprint density at radius 3 is 2.83 bits per heavy atom. The molecule has 0 spiro atoms. The van der Waals surface area contributed by atoms with Crippen LogP contribution in [0.5, 0.6) is 0 Å². The molecule has 0 aliphatic carbocycles. The Balaban J connectivity index is 1.99. The van der Waals surface area contributed by atoms with Crippen LogP contribution in [0.15, 0.2) is 28.4 Å². The molecule has 0 radical (unpaired) electrons. The number of ether oxygens (including phenoxy) is 1. The van der Waals surface area contributed by atoms with Gasteiger partial charge in [-0.15, -0.1) is 11.3 Å². The quantitative estimate of drug-likeness (QED) is 0.809. The van der Waals surface area contributed by atoms with Crippen molar-refractivity contribution in [3.05, 3.63) is 39.9 Å². The van der Waals surface area contributed by atoms with Crippen molar-refractivity contribution >= 4 is 17.3 Å². The first-order chi connectivity index (χ1) is 8.47. The van der Waals surface area contributed by atoms with Crippen molar-refractivity contribution in [2.45, 2.75) is 12.8 Å². The van der Waals surface area contributed by atoms with Gasteiger partial charge in [-0.05, 0) is 6.07 Å². The number of halogens is 3. The molecule has 0 N–H and O–H groups in total. The second kappa shape index (κ2) is 4.81. The molecule has 2 aromatic rings. The number of alkyl halides is 3. The molecule has 2 heterocycles. The monoisotopic (exact) mass is 277 g/mol. The van der Waals surface area contributed by atoms with Gasteiger partial charge in [-0.2, -0.15) is 13.2 Å². The Morgan fingerprint density at radius 1 is 1.50 bits per heavy atom. The van der Waals surface area contributed by atoms with Gasteiger partial charge in [0, 0.05) is 10.9 Å². The third-order valence-corrected chi connectivity index (χ3v) is 2.89. The lowest BCUT2D eigenvalue weighted by Crippen LogP contribution is -2.05. The highest BCUT2D eigenvalue weighted by Crippen LogP contribution is 2.32. The van der Waals surface area contributed by atoms with Crippen molar-refractivity contribution in [3.63, 3.8) is 0 Å². The van der Waals surface area contributed by atoms with Crippen LogP contribution < -0.4 is 0 Å². The smallest absolute Gasteiger partial charge is 0.417 e. The molecule has 4 nitrogen and oxygen atoms in total. The van der Waals surface area contributed by atoms with E-state index in [0.717, 1.165) is 11.4 Å². The molecule has 0 fully saturated rings. The summed E-state index contributed by atoms with van der Waals surface area (Å²) in [5.41, 5.74) is -0.333. The number of hydrogen-bond acceptors (Lipinski definition) is 5. The predicted molar refractivity (Wildman–Crippen MR) is 54.9 cm³/mol. The van der Waals surface area contributed by atoms with Crippen molar-refractivity contribution in [1.29, 1.82) is 0 Å². The van der Waals surface area contributed by atoms with Crippen LogP contribution in [0.25, 0.3) is 0 Å². The van der Waals surface area contributed by atoms with Gasteiger partial charge in [0.05, 0.1) is 11.8 Å². The van der Waals surface area contributed by atoms with Crippen molar-refractivity contribution in [1.82, 2.24) is 5.16 Å². The highest BCUT2D eigenvalue weighted by atomic mass is 32.1. The number of carbonyl (C=O) groups is 1. The van der Waals surface area contributed by atoms with Gasteiger partial charge in [-0.3, -0.25) is 0 Å². The highest BCUT2D eigenvalue weighted by Gasteiger charge is 2.32. The molecule has 0 aliphatic heterocycles. The van der Waals surface area contributed by atoms with Gasteiger partial charge in [0.15, 0.2) is 0 Å². The molecule has 2 rings (SSSR count). The lowest BCUT2D eigenvalue weighted by molar-refractivity contribution is -0.137. The van der Waals surface area contributed by atoms with E-state index in [1.807, 2.05) is 0 Å². The van der Waals surface area contributed by atoms with E-state index in [1.54, 1.807) is 0 Å². The first-order valence-corrected chi connectivity index (χ1v) is 5.56. The Hall–Kier alpha value is -1.83. The van der Waals surface area contributed by atoms with Crippen molar-refractivity contribution < 1.29 is 27.2 Å². The zero-order valence-corrected chi connectivity index (χ0v) is 9.55. The van der Waals surface area contributed by atoms with Crippen LogP contribution in [0.3, 0.4) is 0 Å². The summed E-state index contributed by atoms with van der Waals surface area (Å²) in [7, 11) is 0. The second-order valence-corrected chi connectivity index (χ2v) is 4.22. The minimum atomic E-state index is -4.45. The fourth-order valence-electron chi connectivity index (χ4n) is 1.11. The van der Waals surface area contributed by atoms with Gasteiger partial charge in [0.2, 0.25) is 0 Å². The van der Waals surface area contributed by atoms with E-state index < -0.39 is 17.7 Å². The van der Waals surface area contributed by atoms with Crippen LogP contribution in [0.1, 0.15) is 20.8 Å². The fraction of sp³-hybridized carbons (Fsp3) is 0.200. The van der Waals surface area contributed by atoms with E-state index in [9.17, 15) is 18.0 Å². The average Bonchev–Trinajstić information content (AvgIpc) is 2.96. The summed E-state index contributed by atoms with van der Waals surface area (Å²) in [5, 5.41) is 4.27. The lowest BCUT2D eigenvalue weighted by atomic mass is 10.3. The van der Waals surface area contributed by atoms with Crippen LogP contribution >= 0.6 is 11.3 Å². The van der Waals surface area contributed by atoms with Crippen molar-refractivity contribution in [2.75, 3.05) is 0 Å². The maximum absolute atomic E-state index is 12.3. The summed E-state index contributed by atoms with van der Waals surface area (Å²) in [6.07, 6.45) is -1.82. The van der Waals surface area contributed by atoms with E-state index in [1.165, 1.54) is 12.5 Å². The molecule has 18 heavy (non-hydrogen) atoms. The van der Waals surface area contributed by atoms with Crippen molar-refractivity contribution in [2.24, 2.45) is 0 Å². The van der Waals surface area contributed by atoms with Gasteiger partial charge in [-0.25, -0.2) is 4.79 Å². The average molecular weight is 277 g/mol. The molecule has 0 aliphatic rings.